The fourth-order valence-corrected chi connectivity index (χ4v) is 6.81. The predicted molar refractivity (Wildman–Crippen MR) is 163 cm³/mol. The largest absolute Gasteiger partial charge is 0.369 e. The SMILES string of the molecule is Fc1cc(Br)c2c(c1F)CCCC2OCc1ccccc1.O=C1CCC(OCc2ccccc2)c2c(Br)cc(F)c(F)c21. The van der Waals surface area contributed by atoms with Crippen molar-refractivity contribution in [3.05, 3.63) is 138 Å². The lowest BCUT2D eigenvalue weighted by Gasteiger charge is -2.27. The first-order chi connectivity index (χ1) is 20.7. The van der Waals surface area contributed by atoms with Crippen molar-refractivity contribution in [2.75, 3.05) is 0 Å². The van der Waals surface area contributed by atoms with Crippen molar-refractivity contribution in [3.63, 3.8) is 0 Å². The molecule has 4 aromatic carbocycles. The number of carbonyl (C=O) groups is 1. The highest BCUT2D eigenvalue weighted by Crippen LogP contribution is 2.41. The van der Waals surface area contributed by atoms with Crippen LogP contribution in [0.5, 0.6) is 0 Å². The zero-order valence-electron chi connectivity index (χ0n) is 23.0. The van der Waals surface area contributed by atoms with Crippen molar-refractivity contribution in [2.45, 2.75) is 57.5 Å². The molecule has 224 valence electrons. The van der Waals surface area contributed by atoms with Gasteiger partial charge in [0.15, 0.2) is 29.1 Å². The summed E-state index contributed by atoms with van der Waals surface area (Å²) in [5.74, 6) is -4.03. The average Bonchev–Trinajstić information content (AvgIpc) is 3.02. The van der Waals surface area contributed by atoms with Crippen LogP contribution in [-0.2, 0) is 29.1 Å². The van der Waals surface area contributed by atoms with Crippen LogP contribution in [0.3, 0.4) is 0 Å². The van der Waals surface area contributed by atoms with Gasteiger partial charge in [-0.15, -0.1) is 0 Å². The molecule has 0 N–H and O–H groups in total. The molecule has 2 atom stereocenters. The summed E-state index contributed by atoms with van der Waals surface area (Å²) < 4.78 is 67.7. The van der Waals surface area contributed by atoms with Crippen LogP contribution in [0.4, 0.5) is 17.6 Å². The molecule has 9 heteroatoms. The van der Waals surface area contributed by atoms with Crippen molar-refractivity contribution >= 4 is 37.6 Å². The summed E-state index contributed by atoms with van der Waals surface area (Å²) >= 11 is 6.57. The first-order valence-corrected chi connectivity index (χ1v) is 15.5. The molecule has 0 fully saturated rings. The number of ketones is 1. The Balaban J connectivity index is 0.000000171. The number of hydrogen-bond acceptors (Lipinski definition) is 3. The van der Waals surface area contributed by atoms with Gasteiger partial charge in [-0.05, 0) is 54.5 Å². The number of hydrogen-bond donors (Lipinski definition) is 0. The second-order valence-corrected chi connectivity index (χ2v) is 12.1. The molecule has 43 heavy (non-hydrogen) atoms. The second kappa shape index (κ2) is 14.3. The number of fused-ring (bicyclic) bond motifs is 2. The maximum absolute atomic E-state index is 14.0. The van der Waals surface area contributed by atoms with E-state index in [0.29, 0.717) is 46.1 Å². The number of ether oxygens (including phenoxy) is 2. The van der Waals surface area contributed by atoms with Crippen LogP contribution in [0, 0.1) is 23.3 Å². The van der Waals surface area contributed by atoms with Crippen LogP contribution in [0.15, 0.2) is 81.7 Å². The Hall–Kier alpha value is -2.85. The number of carbonyl (C=O) groups excluding carboxylic acids is 1. The minimum absolute atomic E-state index is 0.152. The molecule has 0 bridgehead atoms. The van der Waals surface area contributed by atoms with Gasteiger partial charge in [-0.25, -0.2) is 17.6 Å². The highest BCUT2D eigenvalue weighted by molar-refractivity contribution is 9.10. The van der Waals surface area contributed by atoms with Crippen molar-refractivity contribution in [1.82, 2.24) is 0 Å². The topological polar surface area (TPSA) is 35.5 Å². The molecule has 6 rings (SSSR count). The Kier molecular flexibility index (Phi) is 10.5. The van der Waals surface area contributed by atoms with Gasteiger partial charge in [-0.1, -0.05) is 92.5 Å². The van der Waals surface area contributed by atoms with Crippen LogP contribution < -0.4 is 0 Å². The number of rotatable bonds is 6. The van der Waals surface area contributed by atoms with E-state index in [1.807, 2.05) is 60.7 Å². The van der Waals surface area contributed by atoms with Gasteiger partial charge in [-0.2, -0.15) is 0 Å². The molecule has 0 aromatic heterocycles. The molecule has 0 radical (unpaired) electrons. The molecule has 4 aromatic rings. The number of halogens is 6. The predicted octanol–water partition coefficient (Wildman–Crippen LogP) is 10.3. The van der Waals surface area contributed by atoms with Gasteiger partial charge in [0.1, 0.15) is 0 Å². The Bertz CT molecular complexity index is 1600. The molecule has 0 aliphatic heterocycles. The Labute approximate surface area is 264 Å². The van der Waals surface area contributed by atoms with Gasteiger partial charge in [0, 0.05) is 26.5 Å². The molecule has 0 amide bonds. The number of benzene rings is 4. The van der Waals surface area contributed by atoms with E-state index in [2.05, 4.69) is 31.9 Å². The van der Waals surface area contributed by atoms with Crippen LogP contribution in [-0.4, -0.2) is 5.78 Å². The van der Waals surface area contributed by atoms with E-state index in [1.54, 1.807) is 0 Å². The molecule has 3 nitrogen and oxygen atoms in total. The smallest absolute Gasteiger partial charge is 0.170 e. The van der Waals surface area contributed by atoms with Gasteiger partial charge in [0.2, 0.25) is 0 Å². The lowest BCUT2D eigenvalue weighted by molar-refractivity contribution is 0.0268. The summed E-state index contributed by atoms with van der Waals surface area (Å²) in [6.45, 7) is 0.820. The van der Waals surface area contributed by atoms with Crippen molar-refractivity contribution in [2.24, 2.45) is 0 Å². The van der Waals surface area contributed by atoms with Gasteiger partial charge >= 0.3 is 0 Å². The normalized spacial score (nSPS) is 17.5. The molecular weight excluding hydrogens is 692 g/mol. The van der Waals surface area contributed by atoms with Gasteiger partial charge in [0.25, 0.3) is 0 Å². The highest BCUT2D eigenvalue weighted by atomic mass is 79.9. The molecule has 2 aliphatic rings. The first-order valence-electron chi connectivity index (χ1n) is 13.9. The molecule has 2 unspecified atom stereocenters. The van der Waals surface area contributed by atoms with Crippen molar-refractivity contribution in [1.29, 1.82) is 0 Å². The van der Waals surface area contributed by atoms with Crippen LogP contribution >= 0.6 is 31.9 Å². The highest BCUT2D eigenvalue weighted by Gasteiger charge is 2.33. The fraction of sp³-hybridized carbons (Fsp3) is 0.265. The monoisotopic (exact) mass is 718 g/mol. The van der Waals surface area contributed by atoms with E-state index in [0.717, 1.165) is 35.6 Å². The summed E-state index contributed by atoms with van der Waals surface area (Å²) in [5, 5.41) is 0. The fourth-order valence-electron chi connectivity index (χ4n) is 5.46. The van der Waals surface area contributed by atoms with E-state index in [1.165, 1.54) is 6.07 Å². The van der Waals surface area contributed by atoms with Crippen molar-refractivity contribution < 1.29 is 31.8 Å². The van der Waals surface area contributed by atoms with E-state index in [-0.39, 0.29) is 23.9 Å². The molecule has 2 aliphatic carbocycles. The zero-order chi connectivity index (χ0) is 30.5. The Morgan fingerprint density at radius 1 is 0.674 bits per heavy atom. The van der Waals surface area contributed by atoms with E-state index in [9.17, 15) is 22.4 Å². The van der Waals surface area contributed by atoms with Gasteiger partial charge in [0.05, 0.1) is 31.0 Å². The minimum Gasteiger partial charge on any atom is -0.369 e. The third-order valence-corrected chi connectivity index (χ3v) is 8.87. The maximum Gasteiger partial charge on any atom is 0.170 e. The van der Waals surface area contributed by atoms with E-state index < -0.39 is 29.4 Å². The third kappa shape index (κ3) is 7.28. The van der Waals surface area contributed by atoms with E-state index in [4.69, 9.17) is 9.47 Å². The summed E-state index contributed by atoms with van der Waals surface area (Å²) in [4.78, 5) is 11.9. The Morgan fingerprint density at radius 3 is 1.77 bits per heavy atom. The van der Waals surface area contributed by atoms with Crippen LogP contribution in [0.2, 0.25) is 0 Å². The van der Waals surface area contributed by atoms with Gasteiger partial charge in [-0.3, -0.25) is 4.79 Å². The molecule has 0 heterocycles. The quantitative estimate of drug-likeness (QED) is 0.147. The lowest BCUT2D eigenvalue weighted by atomic mass is 9.87. The summed E-state index contributed by atoms with van der Waals surface area (Å²) in [6, 6.07) is 21.7. The molecule has 0 saturated heterocycles. The minimum atomic E-state index is -1.09. The first kappa shape index (κ1) is 31.6. The molecule has 0 saturated carbocycles. The summed E-state index contributed by atoms with van der Waals surface area (Å²) in [7, 11) is 0. The molecular formula is C34H28Br2F4O3. The lowest BCUT2D eigenvalue weighted by Crippen LogP contribution is -2.21. The third-order valence-electron chi connectivity index (χ3n) is 7.56. The maximum atomic E-state index is 14.0. The van der Waals surface area contributed by atoms with Gasteiger partial charge < -0.3 is 9.47 Å². The summed E-state index contributed by atoms with van der Waals surface area (Å²) in [5.41, 5.74) is 3.49. The van der Waals surface area contributed by atoms with Crippen LogP contribution in [0.25, 0.3) is 0 Å². The van der Waals surface area contributed by atoms with Crippen LogP contribution in [0.1, 0.15) is 76.1 Å². The Morgan fingerprint density at radius 2 is 1.19 bits per heavy atom. The number of Topliss-reactive ketones (excluding diaryl/α,β-unsaturated/α-hetero) is 1. The molecule has 0 spiro atoms. The average molecular weight is 720 g/mol. The van der Waals surface area contributed by atoms with Crippen molar-refractivity contribution in [3.8, 4) is 0 Å². The van der Waals surface area contributed by atoms with E-state index >= 15 is 0 Å². The zero-order valence-corrected chi connectivity index (χ0v) is 26.2. The summed E-state index contributed by atoms with van der Waals surface area (Å²) in [6.07, 6.45) is 2.17. The second-order valence-electron chi connectivity index (χ2n) is 10.4. The standard InChI is InChI=1S/C17H13BrF2O2.C17H15BrF2O/c18-11-8-12(19)17(20)16-13(21)6-7-14(15(11)16)22-9-10-4-2-1-3-5-10;18-13-9-14(19)17(20)12-7-4-8-15(16(12)13)21-10-11-5-2-1-3-6-11/h1-5,8,14H,6-7,9H2;1-3,5-6,9,15H,4,7-8,10H2.